The van der Waals surface area contributed by atoms with Gasteiger partial charge in [0.2, 0.25) is 5.28 Å². The van der Waals surface area contributed by atoms with Crippen molar-refractivity contribution in [3.05, 3.63) is 41.4 Å². The molecule has 1 unspecified atom stereocenters. The molecule has 1 atom stereocenters. The average Bonchev–Trinajstić information content (AvgIpc) is 3.24. The van der Waals surface area contributed by atoms with Crippen LogP contribution in [0.5, 0.6) is 0 Å². The molecule has 0 spiro atoms. The molecular formula is C16H14ClN5O3. The zero-order valence-corrected chi connectivity index (χ0v) is 13.8. The Morgan fingerprint density at radius 1 is 1.32 bits per heavy atom. The number of aromatic nitrogens is 4. The van der Waals surface area contributed by atoms with Crippen LogP contribution in [0.4, 0.5) is 11.5 Å². The number of rotatable bonds is 4. The first-order valence-electron chi connectivity index (χ1n) is 7.70. The summed E-state index contributed by atoms with van der Waals surface area (Å²) in [5.41, 5.74) is 2.13. The fourth-order valence-electron chi connectivity index (χ4n) is 2.82. The van der Waals surface area contributed by atoms with E-state index in [0.29, 0.717) is 35.9 Å². The number of nitrogens with one attached hydrogen (secondary N) is 1. The monoisotopic (exact) mass is 359 g/mol. The van der Waals surface area contributed by atoms with Crippen molar-refractivity contribution in [1.29, 1.82) is 0 Å². The highest BCUT2D eigenvalue weighted by atomic mass is 35.5. The van der Waals surface area contributed by atoms with Gasteiger partial charge in [-0.2, -0.15) is 9.97 Å². The summed E-state index contributed by atoms with van der Waals surface area (Å²) < 4.78 is 7.38. The number of aromatic carboxylic acids is 1. The molecule has 25 heavy (non-hydrogen) atoms. The lowest BCUT2D eigenvalue weighted by atomic mass is 10.2. The van der Waals surface area contributed by atoms with Gasteiger partial charge in [-0.1, -0.05) is 0 Å². The second-order valence-corrected chi connectivity index (χ2v) is 6.03. The molecule has 0 amide bonds. The van der Waals surface area contributed by atoms with E-state index in [-0.39, 0.29) is 16.9 Å². The third-order valence-corrected chi connectivity index (χ3v) is 4.26. The maximum absolute atomic E-state index is 10.9. The summed E-state index contributed by atoms with van der Waals surface area (Å²) in [6.07, 6.45) is 2.61. The summed E-state index contributed by atoms with van der Waals surface area (Å²) in [5.74, 6) is -0.507. The highest BCUT2D eigenvalue weighted by molar-refractivity contribution is 6.28. The zero-order chi connectivity index (χ0) is 17.4. The highest BCUT2D eigenvalue weighted by Crippen LogP contribution is 2.28. The van der Waals surface area contributed by atoms with Crippen LogP contribution < -0.4 is 5.32 Å². The molecule has 9 heteroatoms. The summed E-state index contributed by atoms with van der Waals surface area (Å²) >= 11 is 6.08. The van der Waals surface area contributed by atoms with Gasteiger partial charge in [0.1, 0.15) is 0 Å². The van der Waals surface area contributed by atoms with Gasteiger partial charge in [-0.25, -0.2) is 9.78 Å². The molecule has 0 bridgehead atoms. The molecule has 128 valence electrons. The van der Waals surface area contributed by atoms with E-state index in [1.165, 1.54) is 12.1 Å². The molecule has 0 saturated carbocycles. The molecule has 3 aromatic rings. The minimum absolute atomic E-state index is 0.109. The van der Waals surface area contributed by atoms with Crippen LogP contribution in [0.25, 0.3) is 11.2 Å². The summed E-state index contributed by atoms with van der Waals surface area (Å²) in [7, 11) is 0. The summed E-state index contributed by atoms with van der Waals surface area (Å²) in [6, 6.07) is 6.53. The van der Waals surface area contributed by atoms with Gasteiger partial charge in [0.25, 0.3) is 0 Å². The van der Waals surface area contributed by atoms with Crippen LogP contribution in [0.3, 0.4) is 0 Å². The van der Waals surface area contributed by atoms with Gasteiger partial charge in [-0.3, -0.25) is 0 Å². The number of carboxylic acid groups (broad SMARTS) is 1. The fraction of sp³-hybridized carbons (Fsp3) is 0.250. The van der Waals surface area contributed by atoms with E-state index in [2.05, 4.69) is 20.3 Å². The molecule has 2 aromatic heterocycles. The lowest BCUT2D eigenvalue weighted by molar-refractivity contribution is 0.0697. The summed E-state index contributed by atoms with van der Waals surface area (Å²) in [6.45, 7) is 1.33. The van der Waals surface area contributed by atoms with Crippen LogP contribution in [0.15, 0.2) is 30.6 Å². The average molecular weight is 360 g/mol. The highest BCUT2D eigenvalue weighted by Gasteiger charge is 2.22. The van der Waals surface area contributed by atoms with E-state index in [1.54, 1.807) is 18.5 Å². The number of hydrogen-bond acceptors (Lipinski definition) is 6. The zero-order valence-electron chi connectivity index (χ0n) is 13.0. The molecule has 0 radical (unpaired) electrons. The number of halogens is 1. The Kier molecular flexibility index (Phi) is 3.98. The summed E-state index contributed by atoms with van der Waals surface area (Å²) in [5, 5.41) is 12.2. The van der Waals surface area contributed by atoms with Gasteiger partial charge in [0, 0.05) is 12.3 Å². The third kappa shape index (κ3) is 3.01. The van der Waals surface area contributed by atoms with E-state index in [0.717, 1.165) is 6.42 Å². The Balaban J connectivity index is 1.70. The minimum atomic E-state index is -0.975. The quantitative estimate of drug-likeness (QED) is 0.690. The van der Waals surface area contributed by atoms with Crippen molar-refractivity contribution in [3.63, 3.8) is 0 Å². The molecular weight excluding hydrogens is 346 g/mol. The van der Waals surface area contributed by atoms with Crippen molar-refractivity contribution in [3.8, 4) is 0 Å². The van der Waals surface area contributed by atoms with Crippen molar-refractivity contribution in [2.24, 2.45) is 0 Å². The van der Waals surface area contributed by atoms with Gasteiger partial charge >= 0.3 is 5.97 Å². The second kappa shape index (κ2) is 6.30. The molecule has 1 fully saturated rings. The van der Waals surface area contributed by atoms with Crippen molar-refractivity contribution in [1.82, 2.24) is 19.5 Å². The number of fused-ring (bicyclic) bond motifs is 1. The van der Waals surface area contributed by atoms with E-state index < -0.39 is 5.97 Å². The van der Waals surface area contributed by atoms with Crippen LogP contribution in [-0.4, -0.2) is 43.8 Å². The Morgan fingerprint density at radius 2 is 2.12 bits per heavy atom. The van der Waals surface area contributed by atoms with Gasteiger partial charge in [-0.05, 0) is 42.3 Å². The van der Waals surface area contributed by atoms with E-state index in [9.17, 15) is 4.79 Å². The van der Waals surface area contributed by atoms with E-state index in [4.69, 9.17) is 21.4 Å². The van der Waals surface area contributed by atoms with Gasteiger partial charge < -0.3 is 19.7 Å². The maximum Gasteiger partial charge on any atom is 0.335 e. The predicted octanol–water partition coefficient (Wildman–Crippen LogP) is 2.88. The lowest BCUT2D eigenvalue weighted by Gasteiger charge is -2.11. The Hall–Kier alpha value is -2.71. The Morgan fingerprint density at radius 3 is 2.80 bits per heavy atom. The molecule has 4 rings (SSSR count). The van der Waals surface area contributed by atoms with E-state index in [1.807, 2.05) is 4.57 Å². The largest absolute Gasteiger partial charge is 0.478 e. The first kappa shape index (κ1) is 15.8. The maximum atomic E-state index is 10.9. The number of imidazole rings is 1. The summed E-state index contributed by atoms with van der Waals surface area (Å²) in [4.78, 5) is 23.9. The predicted molar refractivity (Wildman–Crippen MR) is 91.5 cm³/mol. The van der Waals surface area contributed by atoms with Gasteiger partial charge in [0.15, 0.2) is 17.0 Å². The minimum Gasteiger partial charge on any atom is -0.478 e. The number of hydrogen-bond donors (Lipinski definition) is 2. The number of benzene rings is 1. The van der Waals surface area contributed by atoms with Crippen LogP contribution in [0.1, 0.15) is 22.8 Å². The molecule has 2 N–H and O–H groups in total. The van der Waals surface area contributed by atoms with Crippen molar-refractivity contribution < 1.29 is 14.6 Å². The standard InChI is InChI=1S/C16H14ClN5O3/c17-16-20-13(19-10-3-1-9(2-4-10)15(23)24)12-14(21-16)22(8-18-12)11-5-6-25-7-11/h1-4,8,11H,5-7H2,(H,23,24)(H,19,20,21). The van der Waals surface area contributed by atoms with Crippen molar-refractivity contribution in [2.75, 3.05) is 18.5 Å². The first-order chi connectivity index (χ1) is 12.1. The number of anilines is 2. The van der Waals surface area contributed by atoms with Gasteiger partial charge in [0.05, 0.1) is 24.5 Å². The number of carboxylic acids is 1. The number of carbonyl (C=O) groups is 1. The lowest BCUT2D eigenvalue weighted by Crippen LogP contribution is -2.08. The number of nitrogens with zero attached hydrogens (tertiary/aromatic N) is 4. The molecule has 1 saturated heterocycles. The fourth-order valence-corrected chi connectivity index (χ4v) is 2.98. The van der Waals surface area contributed by atoms with Crippen LogP contribution in [0.2, 0.25) is 5.28 Å². The molecule has 1 aromatic carbocycles. The Bertz CT molecular complexity index is 935. The SMILES string of the molecule is O=C(O)c1ccc(Nc2nc(Cl)nc3c2ncn3C2CCOC2)cc1. The number of ether oxygens (including phenoxy) is 1. The molecule has 8 nitrogen and oxygen atoms in total. The molecule has 0 aliphatic carbocycles. The molecule has 3 heterocycles. The smallest absolute Gasteiger partial charge is 0.335 e. The third-order valence-electron chi connectivity index (χ3n) is 4.09. The topological polar surface area (TPSA) is 102 Å². The van der Waals surface area contributed by atoms with Gasteiger partial charge in [-0.15, -0.1) is 0 Å². The van der Waals surface area contributed by atoms with Crippen LogP contribution in [0, 0.1) is 0 Å². The van der Waals surface area contributed by atoms with Crippen LogP contribution >= 0.6 is 11.6 Å². The normalized spacial score (nSPS) is 17.1. The molecule has 1 aliphatic heterocycles. The van der Waals surface area contributed by atoms with Crippen molar-refractivity contribution >= 4 is 40.2 Å². The van der Waals surface area contributed by atoms with E-state index >= 15 is 0 Å². The van der Waals surface area contributed by atoms with Crippen LogP contribution in [-0.2, 0) is 4.74 Å². The first-order valence-corrected chi connectivity index (χ1v) is 8.08. The molecule has 1 aliphatic rings. The van der Waals surface area contributed by atoms with Crippen molar-refractivity contribution in [2.45, 2.75) is 12.5 Å². The second-order valence-electron chi connectivity index (χ2n) is 5.69. The Labute approximate surface area is 147 Å².